The van der Waals surface area contributed by atoms with Crippen molar-refractivity contribution in [3.63, 3.8) is 0 Å². The summed E-state index contributed by atoms with van der Waals surface area (Å²) >= 11 is 1.61. The van der Waals surface area contributed by atoms with E-state index in [9.17, 15) is 0 Å². The molecular formula is C20H26BFN2O2S. The highest BCUT2D eigenvalue weighted by atomic mass is 32.1. The Labute approximate surface area is 164 Å². The predicted octanol–water partition coefficient (Wildman–Crippen LogP) is 5.74. The van der Waals surface area contributed by atoms with E-state index in [0.29, 0.717) is 5.92 Å². The Hall–Kier alpha value is -1.44. The lowest BCUT2D eigenvalue weighted by Gasteiger charge is -2.32. The van der Waals surface area contributed by atoms with Crippen molar-refractivity contribution in [3.05, 3.63) is 33.8 Å². The van der Waals surface area contributed by atoms with Crippen molar-refractivity contribution in [2.24, 2.45) is 0 Å². The Morgan fingerprint density at radius 2 is 1.93 bits per heavy atom. The SMILES string of the molecule is CC1(C)OB(C(F)=Cc2c(-c3ccsc3)n[nH]c2C2CCCC2)OC1(C)C. The first kappa shape index (κ1) is 18.9. The van der Waals surface area contributed by atoms with Gasteiger partial charge in [-0.1, -0.05) is 12.8 Å². The van der Waals surface area contributed by atoms with E-state index in [1.807, 2.05) is 44.5 Å². The molecule has 27 heavy (non-hydrogen) atoms. The first-order chi connectivity index (χ1) is 12.8. The number of rotatable bonds is 4. The van der Waals surface area contributed by atoms with E-state index in [4.69, 9.17) is 9.31 Å². The van der Waals surface area contributed by atoms with Crippen molar-refractivity contribution >= 4 is 24.5 Å². The fourth-order valence-electron chi connectivity index (χ4n) is 3.82. The van der Waals surface area contributed by atoms with E-state index in [0.717, 1.165) is 35.4 Å². The number of halogens is 1. The molecule has 4 nitrogen and oxygen atoms in total. The van der Waals surface area contributed by atoms with Gasteiger partial charge in [-0.3, -0.25) is 5.10 Å². The third-order valence-corrected chi connectivity index (χ3v) is 6.84. The van der Waals surface area contributed by atoms with E-state index in [2.05, 4.69) is 10.2 Å². The highest BCUT2D eigenvalue weighted by Crippen LogP contribution is 2.41. The molecule has 2 fully saturated rings. The van der Waals surface area contributed by atoms with Crippen LogP contribution in [0.15, 0.2) is 22.6 Å². The van der Waals surface area contributed by atoms with Gasteiger partial charge in [0, 0.05) is 28.1 Å². The van der Waals surface area contributed by atoms with Crippen molar-refractivity contribution in [1.82, 2.24) is 10.2 Å². The maximum atomic E-state index is 15.2. The summed E-state index contributed by atoms with van der Waals surface area (Å²) in [7, 11) is -0.989. The summed E-state index contributed by atoms with van der Waals surface area (Å²) in [6, 6.07) is 2.02. The van der Waals surface area contributed by atoms with Crippen LogP contribution in [0, 0.1) is 0 Å². The van der Waals surface area contributed by atoms with Crippen molar-refractivity contribution < 1.29 is 13.7 Å². The molecule has 1 saturated heterocycles. The van der Waals surface area contributed by atoms with Crippen LogP contribution in [0.3, 0.4) is 0 Å². The summed E-state index contributed by atoms with van der Waals surface area (Å²) in [5.41, 5.74) is 2.12. The average molecular weight is 388 g/mol. The maximum Gasteiger partial charge on any atom is 0.525 e. The molecule has 0 unspecified atom stereocenters. The minimum Gasteiger partial charge on any atom is -0.398 e. The fourth-order valence-corrected chi connectivity index (χ4v) is 4.46. The normalized spacial score (nSPS) is 22.7. The van der Waals surface area contributed by atoms with E-state index in [1.54, 1.807) is 17.4 Å². The van der Waals surface area contributed by atoms with Crippen LogP contribution in [0.4, 0.5) is 4.39 Å². The number of thiophene rings is 1. The molecule has 7 heteroatoms. The maximum absolute atomic E-state index is 15.2. The summed E-state index contributed by atoms with van der Waals surface area (Å²) in [4.78, 5) is 0. The van der Waals surface area contributed by atoms with Gasteiger partial charge in [0.2, 0.25) is 0 Å². The van der Waals surface area contributed by atoms with Gasteiger partial charge >= 0.3 is 7.12 Å². The molecule has 0 spiro atoms. The highest BCUT2D eigenvalue weighted by molar-refractivity contribution is 7.08. The molecule has 1 aliphatic heterocycles. The minimum absolute atomic E-state index is 0.405. The largest absolute Gasteiger partial charge is 0.525 e. The smallest absolute Gasteiger partial charge is 0.398 e. The highest BCUT2D eigenvalue weighted by Gasteiger charge is 2.53. The van der Waals surface area contributed by atoms with Crippen LogP contribution in [-0.4, -0.2) is 28.5 Å². The van der Waals surface area contributed by atoms with Gasteiger partial charge in [-0.2, -0.15) is 16.4 Å². The third kappa shape index (κ3) is 3.41. The van der Waals surface area contributed by atoms with Gasteiger partial charge in [-0.05, 0) is 58.1 Å². The molecule has 4 rings (SSSR count). The molecule has 2 aliphatic rings. The number of nitrogens with zero attached hydrogens (tertiary/aromatic N) is 1. The lowest BCUT2D eigenvalue weighted by molar-refractivity contribution is 0.00578. The van der Waals surface area contributed by atoms with Crippen LogP contribution in [0.25, 0.3) is 17.3 Å². The molecule has 144 valence electrons. The second kappa shape index (κ2) is 6.87. The Balaban J connectivity index is 1.71. The summed E-state index contributed by atoms with van der Waals surface area (Å²) in [5.74, 6) is 0.405. The number of aromatic nitrogens is 2. The summed E-state index contributed by atoms with van der Waals surface area (Å²) in [6.45, 7) is 7.72. The number of hydrogen-bond donors (Lipinski definition) is 1. The van der Waals surface area contributed by atoms with Gasteiger partial charge in [0.1, 0.15) is 11.4 Å². The van der Waals surface area contributed by atoms with Crippen LogP contribution in [0.1, 0.15) is 70.6 Å². The standard InChI is InChI=1S/C20H26BFN2O2S/c1-19(2)20(3,4)26-21(25-19)16(22)11-15-17(13-7-5-6-8-13)23-24-18(15)14-9-10-27-12-14/h9-13H,5-8H2,1-4H3,(H,23,24). The molecule has 0 bridgehead atoms. The molecular weight excluding hydrogens is 362 g/mol. The summed E-state index contributed by atoms with van der Waals surface area (Å²) < 4.78 is 27.0. The van der Waals surface area contributed by atoms with Crippen molar-refractivity contribution in [2.45, 2.75) is 70.5 Å². The van der Waals surface area contributed by atoms with Gasteiger partial charge < -0.3 is 9.31 Å². The molecule has 1 saturated carbocycles. The number of nitrogens with one attached hydrogen (secondary N) is 1. The quantitative estimate of drug-likeness (QED) is 0.680. The van der Waals surface area contributed by atoms with Crippen molar-refractivity contribution in [2.75, 3.05) is 0 Å². The van der Waals surface area contributed by atoms with Crippen LogP contribution in [-0.2, 0) is 9.31 Å². The second-order valence-corrected chi connectivity index (χ2v) is 9.29. The van der Waals surface area contributed by atoms with E-state index >= 15 is 4.39 Å². The zero-order chi connectivity index (χ0) is 19.2. The predicted molar refractivity (Wildman–Crippen MR) is 108 cm³/mol. The van der Waals surface area contributed by atoms with Gasteiger partial charge in [0.25, 0.3) is 0 Å². The van der Waals surface area contributed by atoms with Crippen LogP contribution >= 0.6 is 11.3 Å². The number of hydrogen-bond acceptors (Lipinski definition) is 4. The second-order valence-electron chi connectivity index (χ2n) is 8.51. The van der Waals surface area contributed by atoms with Crippen molar-refractivity contribution in [1.29, 1.82) is 0 Å². The molecule has 3 heterocycles. The number of aromatic amines is 1. The Morgan fingerprint density at radius 3 is 2.52 bits per heavy atom. The molecule has 2 aromatic heterocycles. The average Bonchev–Trinajstić information content (AvgIpc) is 3.35. The Bertz CT molecular complexity index is 822. The Kier molecular flexibility index (Phi) is 4.81. The lowest BCUT2D eigenvalue weighted by atomic mass is 9.85. The van der Waals surface area contributed by atoms with Gasteiger partial charge in [0.15, 0.2) is 0 Å². The first-order valence-electron chi connectivity index (χ1n) is 9.62. The molecule has 1 N–H and O–H groups in total. The molecule has 0 radical (unpaired) electrons. The molecule has 0 amide bonds. The van der Waals surface area contributed by atoms with Crippen LogP contribution < -0.4 is 0 Å². The van der Waals surface area contributed by atoms with Gasteiger partial charge in [-0.25, -0.2) is 4.39 Å². The van der Waals surface area contributed by atoms with E-state index in [-0.39, 0.29) is 0 Å². The fraction of sp³-hybridized carbons (Fsp3) is 0.550. The lowest BCUT2D eigenvalue weighted by Crippen LogP contribution is -2.41. The first-order valence-corrected chi connectivity index (χ1v) is 10.6. The van der Waals surface area contributed by atoms with E-state index < -0.39 is 24.0 Å². The molecule has 1 aliphatic carbocycles. The van der Waals surface area contributed by atoms with E-state index in [1.165, 1.54) is 12.8 Å². The van der Waals surface area contributed by atoms with Crippen LogP contribution in [0.2, 0.25) is 0 Å². The summed E-state index contributed by atoms with van der Waals surface area (Å²) in [5, 5.41) is 11.8. The monoisotopic (exact) mass is 388 g/mol. The van der Waals surface area contributed by atoms with Gasteiger partial charge in [-0.15, -0.1) is 0 Å². The molecule has 0 aromatic carbocycles. The zero-order valence-corrected chi connectivity index (χ0v) is 17.2. The van der Waals surface area contributed by atoms with Crippen molar-refractivity contribution in [3.8, 4) is 11.3 Å². The molecule has 0 atom stereocenters. The third-order valence-electron chi connectivity index (χ3n) is 6.15. The number of H-pyrrole nitrogens is 1. The summed E-state index contributed by atoms with van der Waals surface area (Å²) in [6.07, 6.45) is 6.21. The minimum atomic E-state index is -0.989. The van der Waals surface area contributed by atoms with Crippen LogP contribution in [0.5, 0.6) is 0 Å². The van der Waals surface area contributed by atoms with Gasteiger partial charge in [0.05, 0.1) is 11.2 Å². The topological polar surface area (TPSA) is 47.1 Å². The zero-order valence-electron chi connectivity index (χ0n) is 16.3. The molecule has 2 aromatic rings. The Morgan fingerprint density at radius 1 is 1.26 bits per heavy atom.